The first kappa shape index (κ1) is 28.7. The minimum atomic E-state index is -5.80. The number of carbonyl (C=O) groups is 2. The van der Waals surface area contributed by atoms with E-state index in [1.807, 2.05) is 12.1 Å². The van der Waals surface area contributed by atoms with Gasteiger partial charge in [-0.15, -0.1) is 0 Å². The van der Waals surface area contributed by atoms with Crippen molar-refractivity contribution in [2.45, 2.75) is 76.2 Å². The molecule has 0 spiro atoms. The van der Waals surface area contributed by atoms with E-state index >= 15 is 0 Å². The lowest BCUT2D eigenvalue weighted by Crippen LogP contribution is -2.50. The maximum absolute atomic E-state index is 14.2. The number of hydrogen-bond acceptors (Lipinski definition) is 4. The summed E-state index contributed by atoms with van der Waals surface area (Å²) < 4.78 is 72.4. The monoisotopic (exact) mass is 586 g/mol. The van der Waals surface area contributed by atoms with Crippen LogP contribution >= 0.6 is 0 Å². The number of ketones is 1. The summed E-state index contributed by atoms with van der Waals surface area (Å²) in [4.78, 5) is 29.0. The minimum absolute atomic E-state index is 0.0168. The molecule has 1 aromatic heterocycles. The van der Waals surface area contributed by atoms with Crippen LogP contribution in [0.1, 0.15) is 73.7 Å². The maximum atomic E-state index is 14.2. The molecule has 1 N–H and O–H groups in total. The van der Waals surface area contributed by atoms with Crippen LogP contribution in [0.5, 0.6) is 0 Å². The summed E-state index contributed by atoms with van der Waals surface area (Å²) >= 11 is 0. The maximum Gasteiger partial charge on any atom is 0.482 e. The Morgan fingerprint density at radius 1 is 0.976 bits per heavy atom. The number of pyridine rings is 1. The third-order valence-electron chi connectivity index (χ3n) is 9.78. The Morgan fingerprint density at radius 3 is 2.38 bits per heavy atom. The number of ether oxygens (including phenoxy) is 1. The second-order valence-corrected chi connectivity index (χ2v) is 12.1. The van der Waals surface area contributed by atoms with E-state index in [-0.39, 0.29) is 35.9 Å². The summed E-state index contributed by atoms with van der Waals surface area (Å²) in [6, 6.07) is 10.4. The molecule has 3 unspecified atom stereocenters. The highest BCUT2D eigenvalue weighted by Crippen LogP contribution is 2.65. The Labute approximate surface area is 240 Å². The highest BCUT2D eigenvalue weighted by molar-refractivity contribution is 6.04. The quantitative estimate of drug-likeness (QED) is 0.364. The van der Waals surface area contributed by atoms with Crippen molar-refractivity contribution in [3.63, 3.8) is 0 Å². The number of hydrogen-bond donors (Lipinski definition) is 1. The number of carbonyl (C=O) groups excluding carboxylic acids is 2. The number of rotatable bonds is 5. The van der Waals surface area contributed by atoms with Crippen molar-refractivity contribution in [3.05, 3.63) is 82.7 Å². The van der Waals surface area contributed by atoms with Crippen LogP contribution in [0.3, 0.4) is 0 Å². The molecular formula is C32H31F5N2O3. The van der Waals surface area contributed by atoms with Gasteiger partial charge in [-0.3, -0.25) is 14.6 Å². The zero-order chi connectivity index (χ0) is 29.9. The molecule has 5 nitrogen and oxygen atoms in total. The zero-order valence-corrected chi connectivity index (χ0v) is 23.0. The molecule has 0 aliphatic heterocycles. The van der Waals surface area contributed by atoms with Crippen molar-refractivity contribution >= 4 is 17.4 Å². The molecule has 10 heteroatoms. The first-order valence-corrected chi connectivity index (χ1v) is 14.3. The molecule has 42 heavy (non-hydrogen) atoms. The van der Waals surface area contributed by atoms with Gasteiger partial charge in [0.1, 0.15) is 0 Å². The molecule has 0 bridgehead atoms. The predicted molar refractivity (Wildman–Crippen MR) is 145 cm³/mol. The molecule has 2 aromatic rings. The Bertz CT molecular complexity index is 1450. The Balaban J connectivity index is 1.36. The highest BCUT2D eigenvalue weighted by Gasteiger charge is 2.65. The summed E-state index contributed by atoms with van der Waals surface area (Å²) in [5, 5.41) is 2.81. The van der Waals surface area contributed by atoms with Crippen molar-refractivity contribution in [2.75, 3.05) is 5.32 Å². The van der Waals surface area contributed by atoms with Gasteiger partial charge >= 0.3 is 12.3 Å². The van der Waals surface area contributed by atoms with Crippen LogP contribution in [-0.2, 0) is 9.53 Å². The summed E-state index contributed by atoms with van der Waals surface area (Å²) in [7, 11) is 0. The van der Waals surface area contributed by atoms with Gasteiger partial charge in [-0.1, -0.05) is 24.6 Å². The molecule has 2 fully saturated rings. The van der Waals surface area contributed by atoms with Crippen LogP contribution in [0.15, 0.2) is 71.6 Å². The lowest BCUT2D eigenvalue weighted by atomic mass is 9.53. The van der Waals surface area contributed by atoms with E-state index in [1.165, 1.54) is 5.57 Å². The number of nitrogens with zero attached hydrogens (tertiary/aromatic N) is 1. The number of nitrogens with one attached hydrogen (secondary N) is 1. The topological polar surface area (TPSA) is 68.3 Å². The fourth-order valence-electron chi connectivity index (χ4n) is 7.86. The molecule has 4 aliphatic rings. The SMILES string of the molecule is CC12C[C@H](c3ccc(C(=O)Nc4ccncc4)cc3)C3=C4CCC(=O)C=C4CCC3[C@@H]1CCC2OC(F)(F)C(F)(F)F. The number of alkyl halides is 5. The van der Waals surface area contributed by atoms with Crippen molar-refractivity contribution in [1.29, 1.82) is 0 Å². The molecule has 2 saturated carbocycles. The molecule has 1 amide bonds. The third-order valence-corrected chi connectivity index (χ3v) is 9.78. The standard InChI is InChI=1S/C32H31F5N2O3/c1-30-17-25(18-2-4-19(5-3-18)29(41)39-21-12-14-38-15-13-21)28-23-9-7-22(40)16-20(23)6-8-24(28)26(30)10-11-27(30)42-32(36,37)31(33,34)35/h2-5,12-16,24-27H,6-11,17H2,1H3,(H,38,39,41)/t24?,25-,26+,27?,30?/m1/s1. The largest absolute Gasteiger partial charge is 0.482 e. The van der Waals surface area contributed by atoms with Crippen LogP contribution in [-0.4, -0.2) is 35.1 Å². The second kappa shape index (κ2) is 10.4. The van der Waals surface area contributed by atoms with Gasteiger partial charge < -0.3 is 10.1 Å². The van der Waals surface area contributed by atoms with Gasteiger partial charge in [-0.2, -0.15) is 22.0 Å². The molecule has 222 valence electrons. The first-order valence-electron chi connectivity index (χ1n) is 14.3. The number of halogens is 5. The van der Waals surface area contributed by atoms with E-state index in [2.05, 4.69) is 15.0 Å². The van der Waals surface area contributed by atoms with Crippen molar-refractivity contribution in [2.24, 2.45) is 17.3 Å². The Hall–Kier alpha value is -3.40. The van der Waals surface area contributed by atoms with Gasteiger partial charge in [0.15, 0.2) is 5.78 Å². The summed E-state index contributed by atoms with van der Waals surface area (Å²) in [6.45, 7) is 1.79. The van der Waals surface area contributed by atoms with E-state index in [9.17, 15) is 31.5 Å². The molecule has 6 rings (SSSR count). The van der Waals surface area contributed by atoms with Gasteiger partial charge in [0.2, 0.25) is 0 Å². The van der Waals surface area contributed by atoms with E-state index in [0.29, 0.717) is 49.8 Å². The van der Waals surface area contributed by atoms with Gasteiger partial charge in [0.25, 0.3) is 5.91 Å². The van der Waals surface area contributed by atoms with Crippen LogP contribution in [0, 0.1) is 17.3 Å². The van der Waals surface area contributed by atoms with Gasteiger partial charge in [0, 0.05) is 36.0 Å². The van der Waals surface area contributed by atoms with Crippen LogP contribution < -0.4 is 5.32 Å². The summed E-state index contributed by atoms with van der Waals surface area (Å²) in [5.74, 6) is -0.634. The average Bonchev–Trinajstić information content (AvgIpc) is 3.27. The number of anilines is 1. The molecule has 1 heterocycles. The number of fused-ring (bicyclic) bond motifs is 4. The summed E-state index contributed by atoms with van der Waals surface area (Å²) in [6.07, 6.45) is -4.15. The Morgan fingerprint density at radius 2 is 1.69 bits per heavy atom. The van der Waals surface area contributed by atoms with E-state index in [1.54, 1.807) is 49.7 Å². The van der Waals surface area contributed by atoms with E-state index in [4.69, 9.17) is 0 Å². The van der Waals surface area contributed by atoms with Crippen molar-refractivity contribution in [1.82, 2.24) is 4.98 Å². The van der Waals surface area contributed by atoms with E-state index < -0.39 is 23.8 Å². The molecule has 5 atom stereocenters. The van der Waals surface area contributed by atoms with Crippen molar-refractivity contribution < 1.29 is 36.3 Å². The lowest BCUT2D eigenvalue weighted by Gasteiger charge is -2.52. The molecule has 4 aliphatic carbocycles. The molecule has 1 aromatic carbocycles. The number of benzene rings is 1. The highest BCUT2D eigenvalue weighted by atomic mass is 19.4. The lowest BCUT2D eigenvalue weighted by molar-refractivity contribution is -0.408. The third kappa shape index (κ3) is 4.97. The fraction of sp³-hybridized carbons (Fsp3) is 0.469. The number of aromatic nitrogens is 1. The van der Waals surface area contributed by atoms with Crippen LogP contribution in [0.25, 0.3) is 0 Å². The number of amides is 1. The molecular weight excluding hydrogens is 555 g/mol. The second-order valence-electron chi connectivity index (χ2n) is 12.1. The van der Waals surface area contributed by atoms with Gasteiger partial charge in [-0.25, -0.2) is 0 Å². The summed E-state index contributed by atoms with van der Waals surface area (Å²) in [5.41, 5.74) is 4.25. The Kier molecular flexibility index (Phi) is 7.11. The smallest absolute Gasteiger partial charge is 0.322 e. The molecule has 0 saturated heterocycles. The van der Waals surface area contributed by atoms with E-state index in [0.717, 1.165) is 16.7 Å². The van der Waals surface area contributed by atoms with Gasteiger partial charge in [0.05, 0.1) is 6.10 Å². The van der Waals surface area contributed by atoms with Crippen molar-refractivity contribution in [3.8, 4) is 0 Å². The normalized spacial score (nSPS) is 29.4. The minimum Gasteiger partial charge on any atom is -0.322 e. The molecule has 0 radical (unpaired) electrons. The van der Waals surface area contributed by atoms with Gasteiger partial charge in [-0.05, 0) is 103 Å². The first-order chi connectivity index (χ1) is 19.9. The predicted octanol–water partition coefficient (Wildman–Crippen LogP) is 7.77. The average molecular weight is 587 g/mol. The number of allylic oxidation sites excluding steroid dienone is 4. The zero-order valence-electron chi connectivity index (χ0n) is 23.0. The van der Waals surface area contributed by atoms with Crippen LogP contribution in [0.4, 0.5) is 27.6 Å². The van der Waals surface area contributed by atoms with Crippen LogP contribution in [0.2, 0.25) is 0 Å². The fourth-order valence-corrected chi connectivity index (χ4v) is 7.86.